The van der Waals surface area contributed by atoms with E-state index in [1.807, 2.05) is 6.92 Å². The molecule has 84 valence electrons. The van der Waals surface area contributed by atoms with Gasteiger partial charge in [0.25, 0.3) is 0 Å². The van der Waals surface area contributed by atoms with E-state index in [2.05, 4.69) is 10.2 Å². The molecule has 0 unspecified atom stereocenters. The molecular weight excluding hydrogens is 209 g/mol. The molecule has 2 rings (SSSR count). The lowest BCUT2D eigenvalue weighted by atomic mass is 10.2. The fourth-order valence-electron chi connectivity index (χ4n) is 1.60. The monoisotopic (exact) mass is 221 g/mol. The first-order valence-corrected chi connectivity index (χ1v) is 5.06. The molecule has 4 nitrogen and oxygen atoms in total. The molecule has 0 aliphatic rings. The van der Waals surface area contributed by atoms with E-state index in [-0.39, 0.29) is 11.5 Å². The predicted octanol–water partition coefficient (Wildman–Crippen LogP) is 1.57. The normalized spacial score (nSPS) is 10.7. The second-order valence-electron chi connectivity index (χ2n) is 3.57. The molecule has 0 aliphatic carbocycles. The highest BCUT2D eigenvalue weighted by Gasteiger charge is 2.09. The zero-order valence-electron chi connectivity index (χ0n) is 9.12. The molecule has 1 heterocycles. The van der Waals surface area contributed by atoms with Crippen LogP contribution in [0, 0.1) is 12.7 Å². The Bertz CT molecular complexity index is 571. The lowest BCUT2D eigenvalue weighted by molar-refractivity contribution is 0.617. The molecule has 0 spiro atoms. The van der Waals surface area contributed by atoms with E-state index in [0.29, 0.717) is 23.5 Å². The third-order valence-corrected chi connectivity index (χ3v) is 2.46. The van der Waals surface area contributed by atoms with Gasteiger partial charge in [-0.15, -0.1) is 0 Å². The van der Waals surface area contributed by atoms with Gasteiger partial charge in [0, 0.05) is 6.42 Å². The first-order valence-electron chi connectivity index (χ1n) is 5.06. The van der Waals surface area contributed by atoms with Gasteiger partial charge in [0.15, 0.2) is 0 Å². The zero-order chi connectivity index (χ0) is 11.7. The number of aromatic nitrogens is 3. The maximum atomic E-state index is 13.1. The van der Waals surface area contributed by atoms with Crippen LogP contribution in [0.2, 0.25) is 0 Å². The van der Waals surface area contributed by atoms with Crippen molar-refractivity contribution in [1.82, 2.24) is 14.8 Å². The van der Waals surface area contributed by atoms with Gasteiger partial charge in [-0.3, -0.25) is 0 Å². The summed E-state index contributed by atoms with van der Waals surface area (Å²) in [6.45, 7) is 3.57. The topological polar surface area (TPSA) is 50.7 Å². The van der Waals surface area contributed by atoms with Crippen molar-refractivity contribution >= 4 is 0 Å². The van der Waals surface area contributed by atoms with E-state index < -0.39 is 0 Å². The highest BCUT2D eigenvalue weighted by atomic mass is 19.1. The van der Waals surface area contributed by atoms with Crippen LogP contribution in [0.25, 0.3) is 5.69 Å². The summed E-state index contributed by atoms with van der Waals surface area (Å²) in [7, 11) is 0. The summed E-state index contributed by atoms with van der Waals surface area (Å²) in [4.78, 5) is 11.5. The van der Waals surface area contributed by atoms with Crippen molar-refractivity contribution in [2.45, 2.75) is 20.3 Å². The Labute approximate surface area is 91.7 Å². The van der Waals surface area contributed by atoms with Crippen molar-refractivity contribution in [1.29, 1.82) is 0 Å². The molecule has 16 heavy (non-hydrogen) atoms. The molecule has 0 radical (unpaired) electrons. The smallest absolute Gasteiger partial charge is 0.247 e. The number of rotatable bonds is 2. The Morgan fingerprint density at radius 1 is 1.50 bits per heavy atom. The van der Waals surface area contributed by atoms with Gasteiger partial charge in [-0.2, -0.15) is 5.10 Å². The number of nitrogens with one attached hydrogen (secondary N) is 1. The van der Waals surface area contributed by atoms with E-state index in [1.165, 1.54) is 10.6 Å². The van der Waals surface area contributed by atoms with Gasteiger partial charge in [0.05, 0.1) is 5.69 Å². The van der Waals surface area contributed by atoms with Crippen molar-refractivity contribution in [3.8, 4) is 5.69 Å². The third-order valence-electron chi connectivity index (χ3n) is 2.46. The molecule has 0 atom stereocenters. The van der Waals surface area contributed by atoms with Gasteiger partial charge < -0.3 is 0 Å². The van der Waals surface area contributed by atoms with Crippen LogP contribution in [0.4, 0.5) is 4.39 Å². The zero-order valence-corrected chi connectivity index (χ0v) is 9.12. The van der Waals surface area contributed by atoms with E-state index in [0.717, 1.165) is 0 Å². The first-order chi connectivity index (χ1) is 7.63. The Morgan fingerprint density at radius 3 is 2.88 bits per heavy atom. The van der Waals surface area contributed by atoms with Crippen LogP contribution in [0.3, 0.4) is 0 Å². The number of H-pyrrole nitrogens is 1. The van der Waals surface area contributed by atoms with Crippen LogP contribution >= 0.6 is 0 Å². The lowest BCUT2D eigenvalue weighted by Crippen LogP contribution is -2.16. The Hall–Kier alpha value is -1.91. The summed E-state index contributed by atoms with van der Waals surface area (Å²) in [5.74, 6) is 0.356. The van der Waals surface area contributed by atoms with Crippen molar-refractivity contribution in [2.75, 3.05) is 0 Å². The molecule has 0 amide bonds. The van der Waals surface area contributed by atoms with E-state index >= 15 is 0 Å². The van der Waals surface area contributed by atoms with Crippen LogP contribution < -0.4 is 5.69 Å². The van der Waals surface area contributed by atoms with Crippen molar-refractivity contribution < 1.29 is 4.39 Å². The minimum absolute atomic E-state index is 0.279. The van der Waals surface area contributed by atoms with E-state index in [1.54, 1.807) is 19.1 Å². The Balaban J connectivity index is 2.62. The summed E-state index contributed by atoms with van der Waals surface area (Å²) < 4.78 is 14.6. The van der Waals surface area contributed by atoms with Gasteiger partial charge in [-0.1, -0.05) is 6.92 Å². The van der Waals surface area contributed by atoms with E-state index in [9.17, 15) is 9.18 Å². The van der Waals surface area contributed by atoms with Crippen molar-refractivity contribution in [3.05, 3.63) is 45.9 Å². The molecule has 1 aromatic carbocycles. The molecular formula is C11H12FN3O. The highest BCUT2D eigenvalue weighted by molar-refractivity contribution is 5.36. The first kappa shape index (κ1) is 10.6. The van der Waals surface area contributed by atoms with Gasteiger partial charge in [-0.05, 0) is 30.7 Å². The number of hydrogen-bond acceptors (Lipinski definition) is 2. The molecule has 1 aromatic heterocycles. The summed E-state index contributed by atoms with van der Waals surface area (Å²) in [5.41, 5.74) is 0.838. The molecule has 1 N–H and O–H groups in total. The second kappa shape index (κ2) is 3.92. The molecule has 0 bridgehead atoms. The number of hydrogen-bond donors (Lipinski definition) is 1. The predicted molar refractivity (Wildman–Crippen MR) is 58.3 cm³/mol. The summed E-state index contributed by atoms with van der Waals surface area (Å²) in [6.07, 6.45) is 0.634. The maximum Gasteiger partial charge on any atom is 0.347 e. The third kappa shape index (κ3) is 1.64. The summed E-state index contributed by atoms with van der Waals surface area (Å²) >= 11 is 0. The molecule has 2 aromatic rings. The molecule has 5 heteroatoms. The average Bonchev–Trinajstić information content (AvgIpc) is 2.64. The maximum absolute atomic E-state index is 13.1. The van der Waals surface area contributed by atoms with Crippen LogP contribution in [0.15, 0.2) is 23.0 Å². The second-order valence-corrected chi connectivity index (χ2v) is 3.57. The largest absolute Gasteiger partial charge is 0.347 e. The summed E-state index contributed by atoms with van der Waals surface area (Å²) in [5, 5.41) is 6.28. The Morgan fingerprint density at radius 2 is 2.25 bits per heavy atom. The van der Waals surface area contributed by atoms with Crippen LogP contribution in [-0.4, -0.2) is 14.8 Å². The van der Waals surface area contributed by atoms with Gasteiger partial charge in [0.2, 0.25) is 0 Å². The highest BCUT2D eigenvalue weighted by Crippen LogP contribution is 2.13. The number of benzene rings is 1. The van der Waals surface area contributed by atoms with Crippen LogP contribution in [-0.2, 0) is 6.42 Å². The fourth-order valence-corrected chi connectivity index (χ4v) is 1.60. The van der Waals surface area contributed by atoms with Gasteiger partial charge in [0.1, 0.15) is 11.6 Å². The minimum Gasteiger partial charge on any atom is -0.247 e. The molecule has 0 aliphatic heterocycles. The number of nitrogens with zero attached hydrogens (tertiary/aromatic N) is 2. The molecule has 0 fully saturated rings. The standard InChI is InChI=1S/C11H12FN3O/c1-3-10-13-14-11(16)15(10)8-4-5-9(12)7(2)6-8/h4-6H,3H2,1-2H3,(H,14,16). The summed E-state index contributed by atoms with van der Waals surface area (Å²) in [6, 6.07) is 4.55. The van der Waals surface area contributed by atoms with Gasteiger partial charge in [-0.25, -0.2) is 18.9 Å². The number of halogens is 1. The van der Waals surface area contributed by atoms with Crippen LogP contribution in [0.5, 0.6) is 0 Å². The Kier molecular flexibility index (Phi) is 2.60. The van der Waals surface area contributed by atoms with E-state index in [4.69, 9.17) is 0 Å². The fraction of sp³-hybridized carbons (Fsp3) is 0.273. The number of aryl methyl sites for hydroxylation is 2. The quantitative estimate of drug-likeness (QED) is 0.836. The number of aromatic amines is 1. The minimum atomic E-state index is -0.303. The van der Waals surface area contributed by atoms with Crippen molar-refractivity contribution in [2.24, 2.45) is 0 Å². The molecule has 0 saturated heterocycles. The lowest BCUT2D eigenvalue weighted by Gasteiger charge is -2.05. The van der Waals surface area contributed by atoms with Crippen LogP contribution in [0.1, 0.15) is 18.3 Å². The average molecular weight is 221 g/mol. The van der Waals surface area contributed by atoms with Gasteiger partial charge >= 0.3 is 5.69 Å². The molecule has 0 saturated carbocycles. The van der Waals surface area contributed by atoms with Crippen molar-refractivity contribution in [3.63, 3.8) is 0 Å². The SMILES string of the molecule is CCc1n[nH]c(=O)n1-c1ccc(F)c(C)c1.